The van der Waals surface area contributed by atoms with Crippen LogP contribution in [0.3, 0.4) is 0 Å². The molecule has 0 spiro atoms. The van der Waals surface area contributed by atoms with E-state index >= 15 is 0 Å². The third-order valence-corrected chi connectivity index (χ3v) is 1.90. The Bertz CT molecular complexity index is 315. The van der Waals surface area contributed by atoms with Crippen molar-refractivity contribution in [1.82, 2.24) is 0 Å². The van der Waals surface area contributed by atoms with E-state index in [1.54, 1.807) is 6.92 Å². The van der Waals surface area contributed by atoms with Gasteiger partial charge in [-0.15, -0.1) is 0 Å². The van der Waals surface area contributed by atoms with Crippen LogP contribution in [0.25, 0.3) is 0 Å². The van der Waals surface area contributed by atoms with Gasteiger partial charge < -0.3 is 10.8 Å². The number of hydrogen-bond donors (Lipinski definition) is 2. The molecular formula is C9H11F2NO. The Balaban J connectivity index is 3.25. The zero-order valence-electron chi connectivity index (χ0n) is 7.22. The van der Waals surface area contributed by atoms with Crippen LogP contribution >= 0.6 is 0 Å². The molecular weight excluding hydrogens is 176 g/mol. The fourth-order valence-electron chi connectivity index (χ4n) is 1.12. The van der Waals surface area contributed by atoms with Crippen molar-refractivity contribution < 1.29 is 13.9 Å². The Morgan fingerprint density at radius 2 is 2.15 bits per heavy atom. The average molecular weight is 187 g/mol. The van der Waals surface area contributed by atoms with Gasteiger partial charge in [-0.05, 0) is 18.6 Å². The summed E-state index contributed by atoms with van der Waals surface area (Å²) in [5, 5.41) is 9.39. The summed E-state index contributed by atoms with van der Waals surface area (Å²) in [6.07, 6.45) is 0. The van der Waals surface area contributed by atoms with Gasteiger partial charge in [-0.1, -0.05) is 6.07 Å². The summed E-state index contributed by atoms with van der Waals surface area (Å²) in [7, 11) is 0. The van der Waals surface area contributed by atoms with Crippen molar-refractivity contribution in [3.63, 3.8) is 0 Å². The number of phenolic OH excluding ortho intramolecular Hbond substituents is 1. The summed E-state index contributed by atoms with van der Waals surface area (Å²) in [4.78, 5) is 0. The van der Waals surface area contributed by atoms with Gasteiger partial charge in [0.1, 0.15) is 18.2 Å². The summed E-state index contributed by atoms with van der Waals surface area (Å²) in [6, 6.07) is 1.49. The minimum absolute atomic E-state index is 0.150. The fraction of sp³-hybridized carbons (Fsp3) is 0.333. The molecule has 3 N–H and O–H groups in total. The van der Waals surface area contributed by atoms with E-state index in [4.69, 9.17) is 5.73 Å². The van der Waals surface area contributed by atoms with E-state index in [9.17, 15) is 13.9 Å². The molecule has 0 radical (unpaired) electrons. The second-order valence-electron chi connectivity index (χ2n) is 2.89. The van der Waals surface area contributed by atoms with E-state index in [0.717, 1.165) is 0 Å². The largest absolute Gasteiger partial charge is 0.507 e. The summed E-state index contributed by atoms with van der Waals surface area (Å²) in [5.74, 6) is -0.932. The zero-order valence-corrected chi connectivity index (χ0v) is 7.22. The van der Waals surface area contributed by atoms with Crippen LogP contribution in [0.1, 0.15) is 17.2 Å². The molecule has 1 rings (SSSR count). The Hall–Kier alpha value is -1.16. The lowest BCUT2D eigenvalue weighted by Gasteiger charge is -2.12. The predicted octanol–water partition coefficient (Wildman–Crippen LogP) is 1.81. The molecule has 0 amide bonds. The highest BCUT2D eigenvalue weighted by Crippen LogP contribution is 2.29. The molecule has 1 atom stereocenters. The normalized spacial score (nSPS) is 12.9. The van der Waals surface area contributed by atoms with Crippen LogP contribution in [0.4, 0.5) is 8.78 Å². The van der Waals surface area contributed by atoms with Gasteiger partial charge in [0.05, 0.1) is 6.04 Å². The number of hydrogen-bond acceptors (Lipinski definition) is 2. The van der Waals surface area contributed by atoms with Crippen LogP contribution in [0, 0.1) is 12.7 Å². The molecule has 0 heterocycles. The molecule has 0 aliphatic heterocycles. The minimum Gasteiger partial charge on any atom is -0.507 e. The van der Waals surface area contributed by atoms with E-state index in [1.807, 2.05) is 0 Å². The molecule has 1 aromatic carbocycles. The van der Waals surface area contributed by atoms with Crippen molar-refractivity contribution in [1.29, 1.82) is 0 Å². The maximum Gasteiger partial charge on any atom is 0.131 e. The molecule has 0 saturated heterocycles. The Kier molecular flexibility index (Phi) is 2.83. The van der Waals surface area contributed by atoms with Crippen molar-refractivity contribution in [2.24, 2.45) is 5.73 Å². The number of rotatable bonds is 2. The number of aromatic hydroxyl groups is 1. The van der Waals surface area contributed by atoms with Crippen molar-refractivity contribution >= 4 is 0 Å². The van der Waals surface area contributed by atoms with Crippen LogP contribution in [0.5, 0.6) is 5.75 Å². The summed E-state index contributed by atoms with van der Waals surface area (Å²) in [5.41, 5.74) is 5.63. The molecule has 0 aliphatic carbocycles. The third kappa shape index (κ3) is 1.78. The molecule has 2 nitrogen and oxygen atoms in total. The standard InChI is InChI=1S/C9H11F2NO/c1-5-2-3-6(11)8(9(5)13)7(12)4-10/h2-3,7,13H,4,12H2,1H3/t7-/m0/s1. The molecule has 0 bridgehead atoms. The number of benzene rings is 1. The molecule has 72 valence electrons. The lowest BCUT2D eigenvalue weighted by atomic mass is 10.0. The number of halogens is 2. The van der Waals surface area contributed by atoms with Crippen molar-refractivity contribution in [3.8, 4) is 5.75 Å². The molecule has 0 fully saturated rings. The second kappa shape index (κ2) is 3.70. The molecule has 4 heteroatoms. The highest BCUT2D eigenvalue weighted by Gasteiger charge is 2.17. The smallest absolute Gasteiger partial charge is 0.131 e. The third-order valence-electron chi connectivity index (χ3n) is 1.90. The molecule has 0 aliphatic rings. The topological polar surface area (TPSA) is 46.2 Å². The molecule has 13 heavy (non-hydrogen) atoms. The van der Waals surface area contributed by atoms with Crippen LogP contribution < -0.4 is 5.73 Å². The summed E-state index contributed by atoms with van der Waals surface area (Å²) < 4.78 is 25.2. The van der Waals surface area contributed by atoms with Gasteiger partial charge in [-0.25, -0.2) is 8.78 Å². The van der Waals surface area contributed by atoms with Gasteiger partial charge >= 0.3 is 0 Å². The van der Waals surface area contributed by atoms with Crippen LogP contribution in [-0.2, 0) is 0 Å². The minimum atomic E-state index is -1.10. The first kappa shape index (κ1) is 9.92. The average Bonchev–Trinajstić information content (AvgIpc) is 2.12. The Labute approximate surface area is 75.0 Å². The predicted molar refractivity (Wildman–Crippen MR) is 45.7 cm³/mol. The molecule has 0 unspecified atom stereocenters. The van der Waals surface area contributed by atoms with Gasteiger partial charge in [-0.3, -0.25) is 0 Å². The second-order valence-corrected chi connectivity index (χ2v) is 2.89. The monoisotopic (exact) mass is 187 g/mol. The zero-order chi connectivity index (χ0) is 10.0. The maximum atomic E-state index is 13.1. The first-order valence-electron chi connectivity index (χ1n) is 3.87. The quantitative estimate of drug-likeness (QED) is 0.741. The van der Waals surface area contributed by atoms with Crippen molar-refractivity contribution in [2.75, 3.05) is 6.67 Å². The number of nitrogens with two attached hydrogens (primary N) is 1. The van der Waals surface area contributed by atoms with Gasteiger partial charge in [0.15, 0.2) is 0 Å². The lowest BCUT2D eigenvalue weighted by molar-refractivity contribution is 0.400. The van der Waals surface area contributed by atoms with Crippen molar-refractivity contribution in [2.45, 2.75) is 13.0 Å². The highest BCUT2D eigenvalue weighted by molar-refractivity contribution is 5.42. The van der Waals surface area contributed by atoms with Gasteiger partial charge in [-0.2, -0.15) is 0 Å². The molecule has 0 aromatic heterocycles. The van der Waals surface area contributed by atoms with E-state index in [2.05, 4.69) is 0 Å². The Morgan fingerprint density at radius 1 is 1.54 bits per heavy atom. The first-order valence-corrected chi connectivity index (χ1v) is 3.87. The van der Waals surface area contributed by atoms with Gasteiger partial charge in [0, 0.05) is 5.56 Å². The van der Waals surface area contributed by atoms with Crippen LogP contribution in [-0.4, -0.2) is 11.8 Å². The van der Waals surface area contributed by atoms with Crippen molar-refractivity contribution in [3.05, 3.63) is 29.1 Å². The van der Waals surface area contributed by atoms with Gasteiger partial charge in [0.2, 0.25) is 0 Å². The summed E-state index contributed by atoms with van der Waals surface area (Å²) in [6.45, 7) is 0.706. The highest BCUT2D eigenvalue weighted by atomic mass is 19.1. The molecule has 0 saturated carbocycles. The van der Waals surface area contributed by atoms with E-state index in [-0.39, 0.29) is 11.3 Å². The number of phenols is 1. The first-order chi connectivity index (χ1) is 6.07. The fourth-order valence-corrected chi connectivity index (χ4v) is 1.12. The van der Waals surface area contributed by atoms with E-state index < -0.39 is 18.5 Å². The maximum absolute atomic E-state index is 13.1. The molecule has 1 aromatic rings. The van der Waals surface area contributed by atoms with E-state index in [0.29, 0.717) is 5.56 Å². The summed E-state index contributed by atoms with van der Waals surface area (Å²) >= 11 is 0. The van der Waals surface area contributed by atoms with E-state index in [1.165, 1.54) is 12.1 Å². The number of aryl methyl sites for hydroxylation is 1. The van der Waals surface area contributed by atoms with Gasteiger partial charge in [0.25, 0.3) is 0 Å². The SMILES string of the molecule is Cc1ccc(F)c([C@@H](N)CF)c1O. The number of alkyl halides is 1. The Morgan fingerprint density at radius 3 is 2.69 bits per heavy atom. The van der Waals surface area contributed by atoms with Crippen LogP contribution in [0.15, 0.2) is 12.1 Å². The lowest BCUT2D eigenvalue weighted by Crippen LogP contribution is -2.14. The van der Waals surface area contributed by atoms with Crippen LogP contribution in [0.2, 0.25) is 0 Å².